The van der Waals surface area contributed by atoms with Gasteiger partial charge in [0.2, 0.25) is 0 Å². The topological polar surface area (TPSA) is 24.3 Å². The zero-order chi connectivity index (χ0) is 39.3. The molecule has 4 nitrogen and oxygen atoms in total. The molecule has 13 rings (SSSR count). The molecule has 0 N–H and O–H groups in total. The van der Waals surface area contributed by atoms with Gasteiger partial charge in [-0.2, -0.15) is 0 Å². The van der Waals surface area contributed by atoms with Crippen LogP contribution in [0.15, 0.2) is 170 Å². The Balaban J connectivity index is 0.964. The second-order valence-corrected chi connectivity index (χ2v) is 22.9. The van der Waals surface area contributed by atoms with Crippen LogP contribution in [0.25, 0.3) is 27.6 Å². The number of pyridine rings is 1. The molecular weight excluding hydrogens is 733 g/mol. The molecule has 5 aliphatic rings. The minimum Gasteiger partial charge on any atom is -0.321 e. The lowest BCUT2D eigenvalue weighted by molar-refractivity contribution is -0.0418. The van der Waals surface area contributed by atoms with Crippen LogP contribution >= 0.6 is 0 Å². The van der Waals surface area contributed by atoms with Crippen molar-refractivity contribution in [2.45, 2.75) is 50.6 Å². The van der Waals surface area contributed by atoms with Crippen LogP contribution in [0.5, 0.6) is 0 Å². The maximum absolute atomic E-state index is 5.24. The Labute approximate surface area is 348 Å². The molecule has 8 aromatic rings. The third-order valence-corrected chi connectivity index (χ3v) is 18.7. The molecule has 6 aromatic carbocycles. The Hall–Kier alpha value is -5.91. The van der Waals surface area contributed by atoms with Crippen molar-refractivity contribution < 1.29 is 0 Å². The van der Waals surface area contributed by atoms with Gasteiger partial charge in [-0.25, -0.2) is 4.98 Å². The van der Waals surface area contributed by atoms with Gasteiger partial charge in [0.05, 0.1) is 22.4 Å². The van der Waals surface area contributed by atoms with Gasteiger partial charge in [-0.15, -0.1) is 0 Å². The lowest BCUT2D eigenvalue weighted by Crippen LogP contribution is -2.56. The summed E-state index contributed by atoms with van der Waals surface area (Å²) in [6, 6.07) is 61.7. The van der Waals surface area contributed by atoms with Gasteiger partial charge < -0.3 is 9.80 Å². The number of hydrogen-bond acceptors (Lipinski definition) is 3. The van der Waals surface area contributed by atoms with Gasteiger partial charge in [0.25, 0.3) is 0 Å². The number of para-hydroxylation sites is 4. The van der Waals surface area contributed by atoms with Crippen LogP contribution in [-0.4, -0.2) is 24.3 Å². The molecule has 4 fully saturated rings. The average molecular weight is 783 g/mol. The smallest absolute Gasteiger partial charge is 0.137 e. The first-order chi connectivity index (χ1) is 29.0. The van der Waals surface area contributed by atoms with Gasteiger partial charge in [-0.1, -0.05) is 127 Å². The minimum absolute atomic E-state index is 0.0319. The maximum Gasteiger partial charge on any atom is 0.137 e. The summed E-state index contributed by atoms with van der Waals surface area (Å²) in [7, 11) is -2.19. The molecule has 0 unspecified atom stereocenters. The van der Waals surface area contributed by atoms with E-state index in [1.165, 1.54) is 98.2 Å². The number of fused-ring (bicyclic) bond motifs is 4. The monoisotopic (exact) mass is 782 g/mol. The molecule has 3 heterocycles. The molecule has 0 radical (unpaired) electrons. The van der Waals surface area contributed by atoms with Crippen LogP contribution in [0.3, 0.4) is 0 Å². The van der Waals surface area contributed by atoms with Gasteiger partial charge >= 0.3 is 0 Å². The van der Waals surface area contributed by atoms with Crippen molar-refractivity contribution in [1.82, 2.24) is 9.55 Å². The molecule has 2 aromatic heterocycles. The highest BCUT2D eigenvalue weighted by Crippen LogP contribution is 2.65. The molecule has 0 amide bonds. The van der Waals surface area contributed by atoms with E-state index in [4.69, 9.17) is 4.98 Å². The van der Waals surface area contributed by atoms with Crippen LogP contribution in [0.1, 0.15) is 43.2 Å². The lowest BCUT2D eigenvalue weighted by atomic mass is 9.42. The summed E-state index contributed by atoms with van der Waals surface area (Å²) in [5.74, 6) is 4.19. The van der Waals surface area contributed by atoms with E-state index >= 15 is 0 Å². The Kier molecular flexibility index (Phi) is 7.91. The molecule has 4 bridgehead atoms. The zero-order valence-corrected chi connectivity index (χ0v) is 35.0. The van der Waals surface area contributed by atoms with E-state index < -0.39 is 8.07 Å². The molecule has 4 saturated carbocycles. The Morgan fingerprint density at radius 3 is 1.86 bits per heavy atom. The largest absolute Gasteiger partial charge is 0.321 e. The standard InChI is InChI=1S/C54H50N4Si/c1-59(2,45-19-13-18-44(34-45)57-36-56(43-16-7-4-8-17-43)50-22-11-12-23-51(50)57)46-24-25-48-47-20-9-10-21-49(47)58(52(48)35-46)53-33-40(26-27-55-53)54(39-14-5-3-6-15-39)41-29-37-28-38(31-41)32-42(54)30-37/h3-27,33-35,37-38,41-42H,28-32,36H2,1-2H3. The fraction of sp³-hybridized carbons (Fsp3) is 0.241. The summed E-state index contributed by atoms with van der Waals surface area (Å²) in [6.45, 7) is 5.81. The van der Waals surface area contributed by atoms with Crippen molar-refractivity contribution in [2.75, 3.05) is 16.5 Å². The predicted octanol–water partition coefficient (Wildman–Crippen LogP) is 12.0. The van der Waals surface area contributed by atoms with Crippen LogP contribution in [0.2, 0.25) is 13.1 Å². The van der Waals surface area contributed by atoms with Gasteiger partial charge in [-0.3, -0.25) is 4.57 Å². The summed E-state index contributed by atoms with van der Waals surface area (Å²) < 4.78 is 2.48. The van der Waals surface area contributed by atoms with E-state index in [9.17, 15) is 0 Å². The van der Waals surface area contributed by atoms with Crippen LogP contribution in [-0.2, 0) is 5.41 Å². The highest BCUT2D eigenvalue weighted by atomic mass is 28.3. The average Bonchev–Trinajstić information content (AvgIpc) is 3.83. The van der Waals surface area contributed by atoms with Crippen molar-refractivity contribution >= 4 is 63.0 Å². The van der Waals surface area contributed by atoms with Crippen molar-refractivity contribution in [3.8, 4) is 5.82 Å². The molecule has 5 heteroatoms. The van der Waals surface area contributed by atoms with Crippen LogP contribution < -0.4 is 20.2 Å². The van der Waals surface area contributed by atoms with E-state index in [0.717, 1.165) is 24.3 Å². The number of benzene rings is 6. The first-order valence-corrected chi connectivity index (χ1v) is 24.8. The normalized spacial score (nSPS) is 23.4. The van der Waals surface area contributed by atoms with Gasteiger partial charge in [0, 0.05) is 33.8 Å². The lowest BCUT2D eigenvalue weighted by Gasteiger charge is -2.62. The quantitative estimate of drug-likeness (QED) is 0.151. The summed E-state index contributed by atoms with van der Waals surface area (Å²) in [5.41, 5.74) is 10.4. The highest BCUT2D eigenvalue weighted by molar-refractivity contribution is 7.00. The van der Waals surface area contributed by atoms with E-state index in [2.05, 4.69) is 197 Å². The van der Waals surface area contributed by atoms with Gasteiger partial charge in [0.1, 0.15) is 20.6 Å². The van der Waals surface area contributed by atoms with E-state index in [0.29, 0.717) is 11.8 Å². The third-order valence-electron chi connectivity index (χ3n) is 15.2. The Bertz CT molecular complexity index is 2850. The van der Waals surface area contributed by atoms with E-state index in [1.54, 1.807) is 0 Å². The SMILES string of the molecule is C[Si](C)(c1cccc(N2CN(c3ccccc3)c3ccccc32)c1)c1ccc2c3ccccc3n(-c3cc(C4(c5ccccc5)C5CC6CC(C5)CC4C6)ccn3)c2c1. The molecule has 1 aliphatic heterocycles. The van der Waals surface area contributed by atoms with Gasteiger partial charge in [0.15, 0.2) is 0 Å². The first-order valence-electron chi connectivity index (χ1n) is 21.8. The summed E-state index contributed by atoms with van der Waals surface area (Å²) in [5, 5.41) is 5.43. The van der Waals surface area contributed by atoms with Gasteiger partial charge in [-0.05, 0) is 128 Å². The van der Waals surface area contributed by atoms with Crippen LogP contribution in [0, 0.1) is 23.7 Å². The van der Waals surface area contributed by atoms with Crippen LogP contribution in [0.4, 0.5) is 22.7 Å². The predicted molar refractivity (Wildman–Crippen MR) is 248 cm³/mol. The minimum atomic E-state index is -2.19. The van der Waals surface area contributed by atoms with Crippen molar-refractivity contribution in [3.63, 3.8) is 0 Å². The molecule has 0 atom stereocenters. The summed E-state index contributed by atoms with van der Waals surface area (Å²) in [6.07, 6.45) is 8.99. The zero-order valence-electron chi connectivity index (χ0n) is 34.0. The van der Waals surface area contributed by atoms with Crippen molar-refractivity contribution in [3.05, 3.63) is 181 Å². The highest BCUT2D eigenvalue weighted by Gasteiger charge is 2.58. The fourth-order valence-electron chi connectivity index (χ4n) is 12.6. The summed E-state index contributed by atoms with van der Waals surface area (Å²) >= 11 is 0. The molecular formula is C54H50N4Si. The number of anilines is 4. The molecule has 0 saturated heterocycles. The van der Waals surface area contributed by atoms with Crippen molar-refractivity contribution in [1.29, 1.82) is 0 Å². The van der Waals surface area contributed by atoms with E-state index in [-0.39, 0.29) is 5.41 Å². The number of hydrogen-bond donors (Lipinski definition) is 0. The van der Waals surface area contributed by atoms with E-state index in [1.807, 2.05) is 0 Å². The Morgan fingerprint density at radius 1 is 0.508 bits per heavy atom. The number of aromatic nitrogens is 2. The Morgan fingerprint density at radius 2 is 1.12 bits per heavy atom. The molecule has 59 heavy (non-hydrogen) atoms. The second kappa shape index (κ2) is 13.3. The van der Waals surface area contributed by atoms with Crippen molar-refractivity contribution in [2.24, 2.45) is 23.7 Å². The number of nitrogens with zero attached hydrogens (tertiary/aromatic N) is 4. The molecule has 4 aliphatic carbocycles. The number of rotatable bonds is 7. The second-order valence-electron chi connectivity index (χ2n) is 18.5. The first kappa shape index (κ1) is 35.1. The maximum atomic E-state index is 5.24. The third kappa shape index (κ3) is 5.30. The summed E-state index contributed by atoms with van der Waals surface area (Å²) in [4.78, 5) is 10.1. The molecule has 290 valence electrons. The fourth-order valence-corrected chi connectivity index (χ4v) is 15.0. The molecule has 0 spiro atoms.